The fourth-order valence-electron chi connectivity index (χ4n) is 3.04. The summed E-state index contributed by atoms with van der Waals surface area (Å²) in [5.41, 5.74) is 0. The summed E-state index contributed by atoms with van der Waals surface area (Å²) in [6.45, 7) is 6.72. The smallest absolute Gasteiger partial charge is 0.242 e. The van der Waals surface area contributed by atoms with Crippen molar-refractivity contribution in [1.82, 2.24) is 25.2 Å². The molecule has 8 nitrogen and oxygen atoms in total. The third kappa shape index (κ3) is 3.48. The van der Waals surface area contributed by atoms with Crippen LogP contribution in [0.3, 0.4) is 0 Å². The van der Waals surface area contributed by atoms with Crippen molar-refractivity contribution in [2.75, 3.05) is 5.32 Å². The third-order valence-corrected chi connectivity index (χ3v) is 4.33. The molecule has 3 rings (SSSR count). The van der Waals surface area contributed by atoms with Crippen LogP contribution in [0, 0.1) is 6.92 Å². The van der Waals surface area contributed by atoms with Gasteiger partial charge in [-0.25, -0.2) is 0 Å². The predicted molar refractivity (Wildman–Crippen MR) is 88.5 cm³/mol. The van der Waals surface area contributed by atoms with Crippen LogP contribution in [0.25, 0.3) is 0 Å². The molecular weight excluding hydrogens is 308 g/mol. The molecule has 0 aliphatic carbocycles. The molecule has 2 N–H and O–H groups in total. The Morgan fingerprint density at radius 2 is 2.25 bits per heavy atom. The molecule has 3 heterocycles. The van der Waals surface area contributed by atoms with Crippen LogP contribution < -0.4 is 10.6 Å². The number of nitrogens with zero attached hydrogens (tertiary/aromatic N) is 4. The average Bonchev–Trinajstić information content (AvgIpc) is 3.18. The third-order valence-electron chi connectivity index (χ3n) is 4.33. The lowest BCUT2D eigenvalue weighted by Gasteiger charge is -2.22. The number of hydrogen-bond acceptors (Lipinski definition) is 6. The summed E-state index contributed by atoms with van der Waals surface area (Å²) in [5, 5.41) is 18.5. The maximum absolute atomic E-state index is 12.4. The van der Waals surface area contributed by atoms with E-state index in [4.69, 9.17) is 4.52 Å². The zero-order valence-electron chi connectivity index (χ0n) is 14.4. The van der Waals surface area contributed by atoms with Gasteiger partial charge in [-0.3, -0.25) is 10.1 Å². The highest BCUT2D eigenvalue weighted by Crippen LogP contribution is 2.19. The standard InChI is InChI=1S/C16H24N6O2/c1-4-12(16(23)18-13-9-10(2)24-21-13)17-11(3)15-20-19-14-7-5-6-8-22(14)15/h9,11-12,17H,4-8H2,1-3H3,(H,18,21,23)/t11-,12+/m0/s1. The number of anilines is 1. The van der Waals surface area contributed by atoms with Crippen molar-refractivity contribution in [3.63, 3.8) is 0 Å². The molecule has 1 aliphatic rings. The molecule has 0 unspecified atom stereocenters. The molecule has 0 spiro atoms. The fraction of sp³-hybridized carbons (Fsp3) is 0.625. The van der Waals surface area contributed by atoms with Crippen molar-refractivity contribution in [2.45, 2.75) is 65.1 Å². The second-order valence-corrected chi connectivity index (χ2v) is 6.24. The summed E-state index contributed by atoms with van der Waals surface area (Å²) in [4.78, 5) is 12.4. The highest BCUT2D eigenvalue weighted by molar-refractivity contribution is 5.94. The lowest BCUT2D eigenvalue weighted by atomic mass is 10.1. The Morgan fingerprint density at radius 1 is 1.42 bits per heavy atom. The summed E-state index contributed by atoms with van der Waals surface area (Å²) in [5.74, 6) is 2.91. The molecule has 0 fully saturated rings. The first-order valence-corrected chi connectivity index (χ1v) is 8.50. The van der Waals surface area contributed by atoms with E-state index in [-0.39, 0.29) is 18.0 Å². The number of fused-ring (bicyclic) bond motifs is 1. The molecular formula is C16H24N6O2. The summed E-state index contributed by atoms with van der Waals surface area (Å²) in [6.07, 6.45) is 3.95. The van der Waals surface area contributed by atoms with E-state index in [0.717, 1.165) is 37.5 Å². The van der Waals surface area contributed by atoms with E-state index in [1.165, 1.54) is 0 Å². The number of carbonyl (C=O) groups is 1. The number of rotatable bonds is 6. The molecule has 8 heteroatoms. The minimum absolute atomic E-state index is 0.0564. The Balaban J connectivity index is 1.66. The molecule has 1 aliphatic heterocycles. The van der Waals surface area contributed by atoms with E-state index in [9.17, 15) is 4.79 Å². The maximum Gasteiger partial charge on any atom is 0.242 e. The molecule has 0 radical (unpaired) electrons. The van der Waals surface area contributed by atoms with Crippen LogP contribution in [0.5, 0.6) is 0 Å². The van der Waals surface area contributed by atoms with E-state index in [1.807, 2.05) is 13.8 Å². The van der Waals surface area contributed by atoms with E-state index >= 15 is 0 Å². The van der Waals surface area contributed by atoms with E-state index < -0.39 is 0 Å². The summed E-state index contributed by atoms with van der Waals surface area (Å²) in [6, 6.07) is 1.30. The Kier molecular flexibility index (Phi) is 4.94. The van der Waals surface area contributed by atoms with Gasteiger partial charge in [0.1, 0.15) is 17.4 Å². The van der Waals surface area contributed by atoms with Crippen molar-refractivity contribution in [2.24, 2.45) is 0 Å². The highest BCUT2D eigenvalue weighted by Gasteiger charge is 2.25. The summed E-state index contributed by atoms with van der Waals surface area (Å²) in [7, 11) is 0. The quantitative estimate of drug-likeness (QED) is 0.839. The normalized spacial score (nSPS) is 16.5. The van der Waals surface area contributed by atoms with Crippen LogP contribution in [0.4, 0.5) is 5.82 Å². The van der Waals surface area contributed by atoms with Gasteiger partial charge in [0.25, 0.3) is 0 Å². The Labute approximate surface area is 141 Å². The van der Waals surface area contributed by atoms with E-state index in [2.05, 4.69) is 30.6 Å². The molecule has 0 bridgehead atoms. The van der Waals surface area contributed by atoms with Crippen LogP contribution >= 0.6 is 0 Å². The zero-order chi connectivity index (χ0) is 17.1. The van der Waals surface area contributed by atoms with Crippen LogP contribution in [-0.4, -0.2) is 31.9 Å². The van der Waals surface area contributed by atoms with Gasteiger partial charge in [-0.15, -0.1) is 10.2 Å². The largest absolute Gasteiger partial charge is 0.360 e. The molecule has 1 amide bonds. The van der Waals surface area contributed by atoms with Crippen molar-refractivity contribution in [3.8, 4) is 0 Å². The zero-order valence-corrected chi connectivity index (χ0v) is 14.4. The molecule has 0 saturated carbocycles. The van der Waals surface area contributed by atoms with Crippen LogP contribution in [-0.2, 0) is 17.8 Å². The fourth-order valence-corrected chi connectivity index (χ4v) is 3.04. The Hall–Kier alpha value is -2.22. The van der Waals surface area contributed by atoms with Gasteiger partial charge in [0.2, 0.25) is 5.91 Å². The summed E-state index contributed by atoms with van der Waals surface area (Å²) >= 11 is 0. The minimum Gasteiger partial charge on any atom is -0.360 e. The predicted octanol–water partition coefficient (Wildman–Crippen LogP) is 1.98. The van der Waals surface area contributed by atoms with Gasteiger partial charge >= 0.3 is 0 Å². The molecule has 0 aromatic carbocycles. The first-order valence-electron chi connectivity index (χ1n) is 8.50. The van der Waals surface area contributed by atoms with Crippen molar-refractivity contribution >= 4 is 11.7 Å². The first kappa shape index (κ1) is 16.6. The van der Waals surface area contributed by atoms with Crippen molar-refractivity contribution in [1.29, 1.82) is 0 Å². The van der Waals surface area contributed by atoms with Gasteiger partial charge in [0, 0.05) is 19.0 Å². The Bertz CT molecular complexity index is 707. The van der Waals surface area contributed by atoms with Gasteiger partial charge < -0.3 is 14.4 Å². The molecule has 24 heavy (non-hydrogen) atoms. The Morgan fingerprint density at radius 3 is 2.96 bits per heavy atom. The van der Waals surface area contributed by atoms with Gasteiger partial charge in [0.05, 0.1) is 12.1 Å². The van der Waals surface area contributed by atoms with Crippen LogP contribution in [0.15, 0.2) is 10.6 Å². The van der Waals surface area contributed by atoms with Crippen LogP contribution in [0.2, 0.25) is 0 Å². The lowest BCUT2D eigenvalue weighted by molar-refractivity contribution is -0.118. The van der Waals surface area contributed by atoms with E-state index in [1.54, 1.807) is 13.0 Å². The lowest BCUT2D eigenvalue weighted by Crippen LogP contribution is -2.42. The SMILES string of the molecule is CC[C@@H](N[C@@H](C)c1nnc2n1CCCC2)C(=O)Nc1cc(C)on1. The van der Waals surface area contributed by atoms with Gasteiger partial charge in [-0.05, 0) is 33.1 Å². The number of aryl methyl sites for hydroxylation is 2. The number of hydrogen-bond donors (Lipinski definition) is 2. The molecule has 2 aromatic heterocycles. The molecule has 2 atom stereocenters. The van der Waals surface area contributed by atoms with Gasteiger partial charge in [0.15, 0.2) is 5.82 Å². The van der Waals surface area contributed by atoms with E-state index in [0.29, 0.717) is 18.0 Å². The first-order chi connectivity index (χ1) is 11.6. The van der Waals surface area contributed by atoms with Gasteiger partial charge in [-0.2, -0.15) is 0 Å². The highest BCUT2D eigenvalue weighted by atomic mass is 16.5. The number of carbonyl (C=O) groups excluding carboxylic acids is 1. The van der Waals surface area contributed by atoms with Crippen molar-refractivity contribution in [3.05, 3.63) is 23.5 Å². The van der Waals surface area contributed by atoms with Gasteiger partial charge in [-0.1, -0.05) is 12.1 Å². The average molecular weight is 332 g/mol. The van der Waals surface area contributed by atoms with Crippen LogP contribution in [0.1, 0.15) is 56.6 Å². The minimum atomic E-state index is -0.339. The molecule has 0 saturated heterocycles. The second kappa shape index (κ2) is 7.12. The maximum atomic E-state index is 12.4. The monoisotopic (exact) mass is 332 g/mol. The van der Waals surface area contributed by atoms with Crippen molar-refractivity contribution < 1.29 is 9.32 Å². The molecule has 2 aromatic rings. The second-order valence-electron chi connectivity index (χ2n) is 6.24. The number of amides is 1. The number of aromatic nitrogens is 4. The number of nitrogens with one attached hydrogen (secondary N) is 2. The molecule has 130 valence electrons. The summed E-state index contributed by atoms with van der Waals surface area (Å²) < 4.78 is 7.15. The topological polar surface area (TPSA) is 97.9 Å².